The van der Waals surface area contributed by atoms with Crippen LogP contribution in [0.3, 0.4) is 0 Å². The summed E-state index contributed by atoms with van der Waals surface area (Å²) in [5, 5.41) is 2.04. The second kappa shape index (κ2) is 7.07. The first-order valence-electron chi connectivity index (χ1n) is 8.47. The molecule has 1 amide bonds. The van der Waals surface area contributed by atoms with Gasteiger partial charge in [0.2, 0.25) is 5.91 Å². The van der Waals surface area contributed by atoms with Gasteiger partial charge in [0.15, 0.2) is 9.84 Å². The molecule has 1 aromatic carbocycles. The molecule has 8 heteroatoms. The number of carbonyl (C=O) groups is 1. The van der Waals surface area contributed by atoms with E-state index in [1.54, 1.807) is 16.2 Å². The number of nitrogens with zero attached hydrogens (tertiary/aromatic N) is 2. The van der Waals surface area contributed by atoms with Crippen LogP contribution in [0.5, 0.6) is 0 Å². The maximum Gasteiger partial charge on any atom is 0.241 e. The average molecular weight is 455 g/mol. The van der Waals surface area contributed by atoms with E-state index in [4.69, 9.17) is 0 Å². The third-order valence-electron chi connectivity index (χ3n) is 5.03. The van der Waals surface area contributed by atoms with E-state index in [0.29, 0.717) is 6.54 Å². The van der Waals surface area contributed by atoms with Crippen molar-refractivity contribution in [2.24, 2.45) is 0 Å². The fraction of sp³-hybridized carbons (Fsp3) is 0.389. The van der Waals surface area contributed by atoms with Crippen molar-refractivity contribution in [1.82, 2.24) is 4.90 Å². The van der Waals surface area contributed by atoms with Crippen molar-refractivity contribution < 1.29 is 13.2 Å². The number of fused-ring (bicyclic) bond motifs is 1. The SMILES string of the molecule is O=C1CN(CCc2cccs2)[C@@H]2CS(=O)(=O)C[C@H]2N1c1ccc(Br)cc1. The number of amides is 1. The highest BCUT2D eigenvalue weighted by molar-refractivity contribution is 9.10. The molecular formula is C18H19BrN2O3S2. The molecule has 4 rings (SSSR count). The Hall–Kier alpha value is -1.22. The van der Waals surface area contributed by atoms with Crippen LogP contribution in [0.2, 0.25) is 0 Å². The summed E-state index contributed by atoms with van der Waals surface area (Å²) in [6.07, 6.45) is 0.840. The van der Waals surface area contributed by atoms with Crippen LogP contribution in [-0.2, 0) is 21.1 Å². The molecule has 5 nitrogen and oxygen atoms in total. The van der Waals surface area contributed by atoms with Crippen molar-refractivity contribution in [2.75, 3.05) is 29.5 Å². The predicted molar refractivity (Wildman–Crippen MR) is 107 cm³/mol. The lowest BCUT2D eigenvalue weighted by atomic mass is 10.0. The third-order valence-corrected chi connectivity index (χ3v) is 8.20. The van der Waals surface area contributed by atoms with E-state index in [1.165, 1.54) is 4.88 Å². The Morgan fingerprint density at radius 1 is 1.12 bits per heavy atom. The van der Waals surface area contributed by atoms with Crippen molar-refractivity contribution in [2.45, 2.75) is 18.5 Å². The zero-order chi connectivity index (χ0) is 18.3. The van der Waals surface area contributed by atoms with Crippen molar-refractivity contribution in [3.05, 3.63) is 51.1 Å². The summed E-state index contributed by atoms with van der Waals surface area (Å²) < 4.78 is 25.6. The molecule has 0 saturated carbocycles. The number of piperazine rings is 1. The van der Waals surface area contributed by atoms with E-state index in [2.05, 4.69) is 26.9 Å². The van der Waals surface area contributed by atoms with Crippen molar-refractivity contribution in [1.29, 1.82) is 0 Å². The average Bonchev–Trinajstić information content (AvgIpc) is 3.20. The minimum atomic E-state index is -3.15. The largest absolute Gasteiger partial charge is 0.306 e. The molecule has 2 atom stereocenters. The van der Waals surface area contributed by atoms with Crippen LogP contribution in [0.15, 0.2) is 46.3 Å². The summed E-state index contributed by atoms with van der Waals surface area (Å²) in [5.74, 6) is 0.133. The number of hydrogen-bond acceptors (Lipinski definition) is 5. The smallest absolute Gasteiger partial charge is 0.241 e. The Bertz CT molecular complexity index is 897. The number of hydrogen-bond donors (Lipinski definition) is 0. The summed E-state index contributed by atoms with van der Waals surface area (Å²) in [6.45, 7) is 0.968. The lowest BCUT2D eigenvalue weighted by Gasteiger charge is -2.43. The second-order valence-electron chi connectivity index (χ2n) is 6.75. The zero-order valence-corrected chi connectivity index (χ0v) is 17.3. The van der Waals surface area contributed by atoms with Crippen LogP contribution in [0.1, 0.15) is 4.88 Å². The number of benzene rings is 1. The third kappa shape index (κ3) is 3.60. The Labute approximate surface area is 165 Å². The number of thiophene rings is 1. The van der Waals surface area contributed by atoms with Gasteiger partial charge in [-0.3, -0.25) is 9.69 Å². The highest BCUT2D eigenvalue weighted by Gasteiger charge is 2.49. The lowest BCUT2D eigenvalue weighted by Crippen LogP contribution is -2.62. The van der Waals surface area contributed by atoms with Gasteiger partial charge in [-0.15, -0.1) is 11.3 Å². The monoisotopic (exact) mass is 454 g/mol. The fourth-order valence-electron chi connectivity index (χ4n) is 3.85. The van der Waals surface area contributed by atoms with Gasteiger partial charge in [0.05, 0.1) is 24.1 Å². The molecule has 3 heterocycles. The van der Waals surface area contributed by atoms with Gasteiger partial charge in [-0.25, -0.2) is 8.42 Å². The minimum absolute atomic E-state index is 0.0307. The molecule has 1 aromatic heterocycles. The molecule has 26 heavy (non-hydrogen) atoms. The van der Waals surface area contributed by atoms with E-state index in [-0.39, 0.29) is 36.0 Å². The highest BCUT2D eigenvalue weighted by atomic mass is 79.9. The van der Waals surface area contributed by atoms with Gasteiger partial charge in [-0.05, 0) is 42.1 Å². The topological polar surface area (TPSA) is 57.7 Å². The number of anilines is 1. The first kappa shape index (κ1) is 18.2. The van der Waals surface area contributed by atoms with Crippen LogP contribution in [0, 0.1) is 0 Å². The quantitative estimate of drug-likeness (QED) is 0.711. The van der Waals surface area contributed by atoms with E-state index < -0.39 is 9.84 Å². The minimum Gasteiger partial charge on any atom is -0.306 e. The van der Waals surface area contributed by atoms with Crippen molar-refractivity contribution in [3.8, 4) is 0 Å². The van der Waals surface area contributed by atoms with E-state index in [0.717, 1.165) is 16.6 Å². The summed E-state index contributed by atoms with van der Waals surface area (Å²) in [4.78, 5) is 17.9. The van der Waals surface area contributed by atoms with Gasteiger partial charge in [0, 0.05) is 27.6 Å². The predicted octanol–water partition coefficient (Wildman–Crippen LogP) is 2.57. The Morgan fingerprint density at radius 2 is 1.85 bits per heavy atom. The summed E-state index contributed by atoms with van der Waals surface area (Å²) in [6, 6.07) is 11.1. The van der Waals surface area contributed by atoms with Gasteiger partial charge < -0.3 is 4.90 Å². The molecule has 0 aliphatic carbocycles. The molecule has 2 aliphatic rings. The lowest BCUT2D eigenvalue weighted by molar-refractivity contribution is -0.123. The van der Waals surface area contributed by atoms with E-state index in [9.17, 15) is 13.2 Å². The second-order valence-corrected chi connectivity index (χ2v) is 10.9. The first-order chi connectivity index (χ1) is 12.4. The standard InChI is InChI=1S/C18H19BrN2O3S2/c19-13-3-5-14(6-4-13)21-17-12-26(23,24)11-16(17)20(10-18(21)22)8-7-15-2-1-9-25-15/h1-6,9,16-17H,7-8,10-12H2/t16-,17-/m1/s1. The zero-order valence-electron chi connectivity index (χ0n) is 14.0. The maximum absolute atomic E-state index is 12.9. The van der Waals surface area contributed by atoms with Gasteiger partial charge in [0.25, 0.3) is 0 Å². The van der Waals surface area contributed by atoms with Crippen molar-refractivity contribution >= 4 is 48.7 Å². The van der Waals surface area contributed by atoms with Crippen molar-refractivity contribution in [3.63, 3.8) is 0 Å². The number of halogens is 1. The molecule has 2 aromatic rings. The number of sulfone groups is 1. The van der Waals surface area contributed by atoms with Gasteiger partial charge >= 0.3 is 0 Å². The molecule has 138 valence electrons. The first-order valence-corrected chi connectivity index (χ1v) is 12.0. The Kier molecular flexibility index (Phi) is 4.94. The number of carbonyl (C=O) groups excluding carboxylic acids is 1. The molecule has 0 unspecified atom stereocenters. The Morgan fingerprint density at radius 3 is 2.54 bits per heavy atom. The van der Waals surface area contributed by atoms with E-state index in [1.807, 2.05) is 35.7 Å². The Balaban J connectivity index is 1.60. The molecule has 0 radical (unpaired) electrons. The maximum atomic E-state index is 12.9. The molecule has 2 fully saturated rings. The summed E-state index contributed by atoms with van der Waals surface area (Å²) in [5.41, 5.74) is 0.767. The van der Waals surface area contributed by atoms with Gasteiger partial charge in [0.1, 0.15) is 0 Å². The van der Waals surface area contributed by atoms with Crippen LogP contribution >= 0.6 is 27.3 Å². The molecule has 2 aliphatic heterocycles. The molecule has 0 bridgehead atoms. The molecule has 2 saturated heterocycles. The highest BCUT2D eigenvalue weighted by Crippen LogP contribution is 2.32. The normalized spacial score (nSPS) is 25.4. The summed E-state index contributed by atoms with van der Waals surface area (Å²) in [7, 11) is -3.15. The molecule has 0 spiro atoms. The van der Waals surface area contributed by atoms with Crippen LogP contribution in [-0.4, -0.2) is 55.9 Å². The van der Waals surface area contributed by atoms with Crippen LogP contribution in [0.25, 0.3) is 0 Å². The fourth-order valence-corrected chi connectivity index (χ4v) is 6.79. The molecule has 0 N–H and O–H groups in total. The number of rotatable bonds is 4. The van der Waals surface area contributed by atoms with Gasteiger partial charge in [-0.2, -0.15) is 0 Å². The van der Waals surface area contributed by atoms with Crippen LogP contribution in [0.4, 0.5) is 5.69 Å². The van der Waals surface area contributed by atoms with Gasteiger partial charge in [-0.1, -0.05) is 22.0 Å². The van der Waals surface area contributed by atoms with E-state index >= 15 is 0 Å². The molecular weight excluding hydrogens is 436 g/mol. The summed E-state index contributed by atoms with van der Waals surface area (Å²) >= 11 is 5.09. The van der Waals surface area contributed by atoms with Crippen LogP contribution < -0.4 is 4.90 Å².